The van der Waals surface area contributed by atoms with Gasteiger partial charge < -0.3 is 10.0 Å². The largest absolute Gasteiger partial charge is 0.481 e. The van der Waals surface area contributed by atoms with Crippen molar-refractivity contribution in [2.45, 2.75) is 45.1 Å². The molecule has 1 aliphatic carbocycles. The lowest BCUT2D eigenvalue weighted by Gasteiger charge is -2.32. The van der Waals surface area contributed by atoms with Gasteiger partial charge in [0, 0.05) is 13.1 Å². The van der Waals surface area contributed by atoms with E-state index in [9.17, 15) is 9.90 Å². The molecule has 1 fully saturated rings. The number of hydrogen-bond acceptors (Lipinski definition) is 2. The van der Waals surface area contributed by atoms with Gasteiger partial charge in [0.1, 0.15) is 0 Å². The van der Waals surface area contributed by atoms with Crippen LogP contribution in [0, 0.1) is 5.41 Å². The highest BCUT2D eigenvalue weighted by Gasteiger charge is 2.39. The second kappa shape index (κ2) is 6.89. The first-order chi connectivity index (χ1) is 9.62. The van der Waals surface area contributed by atoms with Crippen molar-refractivity contribution in [3.63, 3.8) is 0 Å². The second-order valence-electron chi connectivity index (χ2n) is 6.16. The van der Waals surface area contributed by atoms with E-state index in [-0.39, 0.29) is 0 Å². The molecular weight excluding hydrogens is 250 g/mol. The van der Waals surface area contributed by atoms with Crippen LogP contribution in [0.3, 0.4) is 0 Å². The normalized spacial score (nSPS) is 18.7. The molecule has 0 aromatic heterocycles. The molecule has 0 unspecified atom stereocenters. The van der Waals surface area contributed by atoms with Crippen LogP contribution in [0.25, 0.3) is 0 Å². The molecule has 0 amide bonds. The van der Waals surface area contributed by atoms with Gasteiger partial charge in [-0.2, -0.15) is 0 Å². The molecule has 0 spiro atoms. The molecule has 1 N–H and O–H groups in total. The molecule has 3 nitrogen and oxygen atoms in total. The van der Waals surface area contributed by atoms with Gasteiger partial charge in [0.25, 0.3) is 0 Å². The molecule has 0 atom stereocenters. The van der Waals surface area contributed by atoms with Gasteiger partial charge in [0.15, 0.2) is 0 Å². The first-order valence-electron chi connectivity index (χ1n) is 7.58. The van der Waals surface area contributed by atoms with Crippen LogP contribution in [0.15, 0.2) is 30.3 Å². The maximum Gasteiger partial charge on any atom is 0.310 e. The molecule has 1 saturated carbocycles. The quantitative estimate of drug-likeness (QED) is 0.836. The van der Waals surface area contributed by atoms with Crippen LogP contribution in [0.1, 0.15) is 44.1 Å². The Kier molecular flexibility index (Phi) is 5.18. The predicted molar refractivity (Wildman–Crippen MR) is 80.5 cm³/mol. The van der Waals surface area contributed by atoms with E-state index in [0.29, 0.717) is 6.54 Å². The highest BCUT2D eigenvalue weighted by molar-refractivity contribution is 5.75. The molecule has 20 heavy (non-hydrogen) atoms. The average Bonchev–Trinajstić information content (AvgIpc) is 2.66. The number of nitrogens with zero attached hydrogens (tertiary/aromatic N) is 1. The van der Waals surface area contributed by atoms with Gasteiger partial charge in [-0.3, -0.25) is 4.79 Å². The Morgan fingerprint density at radius 2 is 1.75 bits per heavy atom. The van der Waals surface area contributed by atoms with E-state index in [1.165, 1.54) is 18.4 Å². The molecular formula is C17H25NO2. The zero-order chi connectivity index (χ0) is 14.4. The van der Waals surface area contributed by atoms with E-state index >= 15 is 0 Å². The summed E-state index contributed by atoms with van der Waals surface area (Å²) in [4.78, 5) is 14.0. The lowest BCUT2D eigenvalue weighted by molar-refractivity contribution is -0.151. The summed E-state index contributed by atoms with van der Waals surface area (Å²) in [6, 6.07) is 10.3. The fourth-order valence-corrected chi connectivity index (χ4v) is 3.31. The fraction of sp³-hybridized carbons (Fsp3) is 0.588. The monoisotopic (exact) mass is 275 g/mol. The third-order valence-electron chi connectivity index (χ3n) is 4.38. The van der Waals surface area contributed by atoms with E-state index in [1.54, 1.807) is 0 Å². The molecule has 0 saturated heterocycles. The van der Waals surface area contributed by atoms with Crippen LogP contribution >= 0.6 is 0 Å². The maximum absolute atomic E-state index is 11.8. The SMILES string of the molecule is CN(Cc1ccccc1)CC1(C(=O)O)CCCCCC1. The lowest BCUT2D eigenvalue weighted by atomic mass is 9.80. The lowest BCUT2D eigenvalue weighted by Crippen LogP contribution is -2.41. The number of aliphatic carboxylic acids is 1. The van der Waals surface area contributed by atoms with Crippen LogP contribution in [-0.2, 0) is 11.3 Å². The minimum absolute atomic E-state index is 0.542. The highest BCUT2D eigenvalue weighted by atomic mass is 16.4. The zero-order valence-electron chi connectivity index (χ0n) is 12.3. The van der Waals surface area contributed by atoms with Gasteiger partial charge >= 0.3 is 5.97 Å². The molecule has 1 aliphatic rings. The van der Waals surface area contributed by atoms with E-state index in [4.69, 9.17) is 0 Å². The van der Waals surface area contributed by atoms with Gasteiger partial charge in [-0.1, -0.05) is 56.0 Å². The summed E-state index contributed by atoms with van der Waals surface area (Å²) in [6.45, 7) is 1.47. The molecule has 0 aliphatic heterocycles. The van der Waals surface area contributed by atoms with Crippen LogP contribution in [0.5, 0.6) is 0 Å². The molecule has 0 bridgehead atoms. The van der Waals surface area contributed by atoms with Crippen LogP contribution in [0.4, 0.5) is 0 Å². The molecule has 0 heterocycles. The van der Waals surface area contributed by atoms with Gasteiger partial charge in [-0.05, 0) is 25.5 Å². The average molecular weight is 275 g/mol. The topological polar surface area (TPSA) is 40.5 Å². The molecule has 1 aromatic rings. The van der Waals surface area contributed by atoms with Crippen molar-refractivity contribution in [3.8, 4) is 0 Å². The number of benzene rings is 1. The summed E-state index contributed by atoms with van der Waals surface area (Å²) < 4.78 is 0. The standard InChI is InChI=1S/C17H25NO2/c1-18(13-15-9-5-4-6-10-15)14-17(16(19)20)11-7-2-3-8-12-17/h4-6,9-10H,2-3,7-8,11-14H2,1H3,(H,19,20). The zero-order valence-corrected chi connectivity index (χ0v) is 12.3. The Morgan fingerprint density at radius 1 is 1.15 bits per heavy atom. The van der Waals surface area contributed by atoms with Gasteiger partial charge in [-0.15, -0.1) is 0 Å². The second-order valence-corrected chi connectivity index (χ2v) is 6.16. The fourth-order valence-electron chi connectivity index (χ4n) is 3.31. The van der Waals surface area contributed by atoms with Crippen molar-refractivity contribution in [2.75, 3.05) is 13.6 Å². The van der Waals surface area contributed by atoms with Crippen molar-refractivity contribution < 1.29 is 9.90 Å². The van der Waals surface area contributed by atoms with Crippen molar-refractivity contribution in [1.82, 2.24) is 4.90 Å². The molecule has 2 rings (SSSR count). The highest BCUT2D eigenvalue weighted by Crippen LogP contribution is 2.36. The first kappa shape index (κ1) is 15.0. The van der Waals surface area contributed by atoms with E-state index < -0.39 is 11.4 Å². The predicted octanol–water partition coefficient (Wildman–Crippen LogP) is 3.54. The number of carboxylic acids is 1. The molecule has 3 heteroatoms. The first-order valence-corrected chi connectivity index (χ1v) is 7.58. The Morgan fingerprint density at radius 3 is 2.30 bits per heavy atom. The van der Waals surface area contributed by atoms with Crippen LogP contribution in [0.2, 0.25) is 0 Å². The number of rotatable bonds is 5. The Hall–Kier alpha value is -1.35. The van der Waals surface area contributed by atoms with Crippen molar-refractivity contribution in [2.24, 2.45) is 5.41 Å². The molecule has 0 radical (unpaired) electrons. The Bertz CT molecular complexity index is 422. The van der Waals surface area contributed by atoms with E-state index in [2.05, 4.69) is 17.0 Å². The van der Waals surface area contributed by atoms with E-state index in [0.717, 1.165) is 32.2 Å². The summed E-state index contributed by atoms with van der Waals surface area (Å²) in [6.07, 6.45) is 6.09. The van der Waals surface area contributed by atoms with Gasteiger partial charge in [-0.25, -0.2) is 0 Å². The van der Waals surface area contributed by atoms with Gasteiger partial charge in [0.05, 0.1) is 5.41 Å². The Labute approximate surface area is 121 Å². The molecule has 110 valence electrons. The van der Waals surface area contributed by atoms with E-state index in [1.807, 2.05) is 25.2 Å². The Balaban J connectivity index is 2.02. The minimum atomic E-state index is -0.612. The number of hydrogen-bond donors (Lipinski definition) is 1. The smallest absolute Gasteiger partial charge is 0.310 e. The van der Waals surface area contributed by atoms with Crippen molar-refractivity contribution >= 4 is 5.97 Å². The van der Waals surface area contributed by atoms with Crippen molar-refractivity contribution in [1.29, 1.82) is 0 Å². The minimum Gasteiger partial charge on any atom is -0.481 e. The maximum atomic E-state index is 11.8. The summed E-state index contributed by atoms with van der Waals surface area (Å²) in [5.41, 5.74) is 0.698. The summed E-state index contributed by atoms with van der Waals surface area (Å²) in [5.74, 6) is -0.612. The number of carbonyl (C=O) groups is 1. The third kappa shape index (κ3) is 3.83. The summed E-state index contributed by atoms with van der Waals surface area (Å²) in [5, 5.41) is 9.70. The van der Waals surface area contributed by atoms with Gasteiger partial charge in [0.2, 0.25) is 0 Å². The van der Waals surface area contributed by atoms with Crippen LogP contribution < -0.4 is 0 Å². The summed E-state index contributed by atoms with van der Waals surface area (Å²) >= 11 is 0. The van der Waals surface area contributed by atoms with Crippen LogP contribution in [-0.4, -0.2) is 29.6 Å². The third-order valence-corrected chi connectivity index (χ3v) is 4.38. The van der Waals surface area contributed by atoms with Crippen molar-refractivity contribution in [3.05, 3.63) is 35.9 Å². The number of carboxylic acid groups (broad SMARTS) is 1. The molecule has 1 aromatic carbocycles. The summed E-state index contributed by atoms with van der Waals surface area (Å²) in [7, 11) is 2.03.